The smallest absolute Gasteiger partial charge is 0.344 e. The summed E-state index contributed by atoms with van der Waals surface area (Å²) in [5.74, 6) is -0.180. The zero-order chi connectivity index (χ0) is 20.7. The Bertz CT molecular complexity index is 1390. The van der Waals surface area contributed by atoms with Crippen LogP contribution in [0, 0.1) is 6.92 Å². The van der Waals surface area contributed by atoms with E-state index in [-0.39, 0.29) is 5.15 Å². The number of nitrogens with zero attached hydrogens (tertiary/aromatic N) is 4. The molecule has 0 saturated carbocycles. The van der Waals surface area contributed by atoms with Crippen molar-refractivity contribution >= 4 is 39.5 Å². The number of ether oxygens (including phenoxy) is 1. The maximum absolute atomic E-state index is 13.1. The number of halogens is 1. The number of aryl methyl sites for hydroxylation is 1. The van der Waals surface area contributed by atoms with Gasteiger partial charge in [0.25, 0.3) is 0 Å². The zero-order valence-electron chi connectivity index (χ0n) is 15.9. The Hall–Kier alpha value is -3.77. The number of pyridine rings is 1. The van der Waals surface area contributed by atoms with E-state index >= 15 is 0 Å². The van der Waals surface area contributed by atoms with E-state index < -0.39 is 5.97 Å². The van der Waals surface area contributed by atoms with Crippen molar-refractivity contribution in [2.45, 2.75) is 6.92 Å². The van der Waals surface area contributed by atoms with Crippen molar-refractivity contribution in [2.24, 2.45) is 0 Å². The van der Waals surface area contributed by atoms with Crippen LogP contribution in [0.5, 0.6) is 5.75 Å². The summed E-state index contributed by atoms with van der Waals surface area (Å²) in [6.45, 7) is 1.95. The van der Waals surface area contributed by atoms with Gasteiger partial charge in [-0.25, -0.2) is 9.78 Å². The predicted octanol–water partition coefficient (Wildman–Crippen LogP) is 5.15. The van der Waals surface area contributed by atoms with Crippen LogP contribution in [0.1, 0.15) is 15.9 Å². The summed E-state index contributed by atoms with van der Waals surface area (Å²) in [5.41, 5.74) is 4.04. The average molecular weight is 415 g/mol. The Kier molecular flexibility index (Phi) is 4.41. The number of rotatable bonds is 3. The van der Waals surface area contributed by atoms with Gasteiger partial charge in [0.05, 0.1) is 11.1 Å². The Morgan fingerprint density at radius 1 is 0.900 bits per heavy atom. The number of hydrogen-bond acceptors (Lipinski definition) is 5. The van der Waals surface area contributed by atoms with Gasteiger partial charge in [0.15, 0.2) is 5.75 Å². The van der Waals surface area contributed by atoms with E-state index in [1.165, 1.54) is 10.9 Å². The molecule has 146 valence electrons. The second-order valence-corrected chi connectivity index (χ2v) is 7.24. The van der Waals surface area contributed by atoms with Gasteiger partial charge < -0.3 is 4.74 Å². The third-order valence-corrected chi connectivity index (χ3v) is 4.92. The van der Waals surface area contributed by atoms with Crippen LogP contribution in [0.4, 0.5) is 0 Å². The molecule has 0 amide bonds. The minimum Gasteiger partial charge on any atom is -0.421 e. The summed E-state index contributed by atoms with van der Waals surface area (Å²) < 4.78 is 5.77. The van der Waals surface area contributed by atoms with Gasteiger partial charge in [-0.3, -0.25) is 0 Å². The summed E-state index contributed by atoms with van der Waals surface area (Å²) in [6.07, 6.45) is 0. The van der Waals surface area contributed by atoms with Crippen LogP contribution >= 0.6 is 11.6 Å². The van der Waals surface area contributed by atoms with Gasteiger partial charge in [0.1, 0.15) is 21.9 Å². The van der Waals surface area contributed by atoms with Crippen molar-refractivity contribution in [3.63, 3.8) is 0 Å². The molecule has 7 heteroatoms. The van der Waals surface area contributed by atoms with E-state index in [2.05, 4.69) is 15.2 Å². The number of hydrogen-bond donors (Lipinski definition) is 0. The molecular formula is C23H15ClN4O2. The molecule has 0 bridgehead atoms. The van der Waals surface area contributed by atoms with Crippen molar-refractivity contribution in [3.8, 4) is 11.4 Å². The van der Waals surface area contributed by atoms with Crippen LogP contribution in [0.25, 0.3) is 27.6 Å². The first-order valence-corrected chi connectivity index (χ1v) is 9.67. The lowest BCUT2D eigenvalue weighted by atomic mass is 10.1. The topological polar surface area (TPSA) is 69.9 Å². The molecule has 5 rings (SSSR count). The second-order valence-electron chi connectivity index (χ2n) is 6.85. The van der Waals surface area contributed by atoms with Gasteiger partial charge in [-0.2, -0.15) is 0 Å². The third-order valence-electron chi connectivity index (χ3n) is 4.72. The zero-order valence-corrected chi connectivity index (χ0v) is 16.7. The van der Waals surface area contributed by atoms with Crippen LogP contribution in [0.15, 0.2) is 72.8 Å². The lowest BCUT2D eigenvalue weighted by Gasteiger charge is -2.11. The van der Waals surface area contributed by atoms with E-state index in [1.807, 2.05) is 61.5 Å². The minimum atomic E-state index is -0.530. The minimum absolute atomic E-state index is 0.227. The quantitative estimate of drug-likeness (QED) is 0.232. The van der Waals surface area contributed by atoms with Crippen molar-refractivity contribution in [3.05, 3.63) is 89.1 Å². The number of carbonyl (C=O) groups is 1. The number of esters is 1. The Morgan fingerprint density at radius 2 is 1.57 bits per heavy atom. The maximum Gasteiger partial charge on any atom is 0.344 e. The SMILES string of the molecule is Cc1ccc(OC(=O)c2cc(Cl)nc3ccccc23)c(-n2nc3ccccc3n2)c1. The van der Waals surface area contributed by atoms with E-state index in [0.717, 1.165) is 16.6 Å². The number of carbonyl (C=O) groups excluding carboxylic acids is 1. The van der Waals surface area contributed by atoms with Crippen LogP contribution in [0.2, 0.25) is 5.15 Å². The number of para-hydroxylation sites is 1. The van der Waals surface area contributed by atoms with Crippen LogP contribution < -0.4 is 4.74 Å². The first-order chi connectivity index (χ1) is 14.6. The van der Waals surface area contributed by atoms with E-state index in [1.54, 1.807) is 12.1 Å². The molecule has 2 heterocycles. The lowest BCUT2D eigenvalue weighted by Crippen LogP contribution is -2.12. The summed E-state index contributed by atoms with van der Waals surface area (Å²) >= 11 is 6.12. The fourth-order valence-electron chi connectivity index (χ4n) is 3.30. The lowest BCUT2D eigenvalue weighted by molar-refractivity contribution is 0.0736. The molecular weight excluding hydrogens is 400 g/mol. The summed E-state index contributed by atoms with van der Waals surface area (Å²) in [4.78, 5) is 18.8. The first kappa shape index (κ1) is 18.3. The number of aromatic nitrogens is 4. The fourth-order valence-corrected chi connectivity index (χ4v) is 3.50. The Labute approximate surface area is 176 Å². The third kappa shape index (κ3) is 3.27. The molecule has 30 heavy (non-hydrogen) atoms. The number of fused-ring (bicyclic) bond motifs is 2. The molecule has 6 nitrogen and oxygen atoms in total. The molecule has 0 atom stereocenters. The Balaban J connectivity index is 1.58. The molecule has 0 aliphatic rings. The second kappa shape index (κ2) is 7.24. The van der Waals surface area contributed by atoms with Crippen molar-refractivity contribution in [1.29, 1.82) is 0 Å². The van der Waals surface area contributed by atoms with Crippen LogP contribution in [0.3, 0.4) is 0 Å². The molecule has 0 aliphatic heterocycles. The fraction of sp³-hybridized carbons (Fsp3) is 0.0435. The van der Waals surface area contributed by atoms with Gasteiger partial charge in [0.2, 0.25) is 0 Å². The van der Waals surface area contributed by atoms with E-state index in [4.69, 9.17) is 16.3 Å². The van der Waals surface area contributed by atoms with Gasteiger partial charge in [-0.05, 0) is 48.9 Å². The van der Waals surface area contributed by atoms with Crippen molar-refractivity contribution in [1.82, 2.24) is 20.0 Å². The van der Waals surface area contributed by atoms with Crippen LogP contribution in [-0.2, 0) is 0 Å². The van der Waals surface area contributed by atoms with Crippen molar-refractivity contribution < 1.29 is 9.53 Å². The molecule has 0 aliphatic carbocycles. The monoisotopic (exact) mass is 414 g/mol. The van der Waals surface area contributed by atoms with Gasteiger partial charge in [-0.1, -0.05) is 48.0 Å². The molecule has 0 fully saturated rings. The average Bonchev–Trinajstić information content (AvgIpc) is 3.18. The van der Waals surface area contributed by atoms with E-state index in [9.17, 15) is 4.79 Å². The summed E-state index contributed by atoms with van der Waals surface area (Å²) in [6, 6.07) is 21.8. The largest absolute Gasteiger partial charge is 0.421 e. The molecule has 3 aromatic carbocycles. The highest BCUT2D eigenvalue weighted by molar-refractivity contribution is 6.30. The predicted molar refractivity (Wildman–Crippen MR) is 115 cm³/mol. The van der Waals surface area contributed by atoms with E-state index in [0.29, 0.717) is 27.9 Å². The molecule has 0 spiro atoms. The Morgan fingerprint density at radius 3 is 2.30 bits per heavy atom. The highest BCUT2D eigenvalue weighted by Gasteiger charge is 2.18. The highest BCUT2D eigenvalue weighted by Crippen LogP contribution is 2.27. The van der Waals surface area contributed by atoms with Gasteiger partial charge >= 0.3 is 5.97 Å². The molecule has 2 aromatic heterocycles. The van der Waals surface area contributed by atoms with Gasteiger partial charge in [0, 0.05) is 5.39 Å². The summed E-state index contributed by atoms with van der Waals surface area (Å²) in [5, 5.41) is 9.92. The standard InChI is InChI=1S/C23H15ClN4O2/c1-14-10-11-21(20(12-14)28-26-18-8-4-5-9-19(18)27-28)30-23(29)16-13-22(24)25-17-7-3-2-6-15(16)17/h2-13H,1H3. The number of benzene rings is 3. The molecule has 5 aromatic rings. The molecule has 0 unspecified atom stereocenters. The normalized spacial score (nSPS) is 11.1. The van der Waals surface area contributed by atoms with Crippen molar-refractivity contribution in [2.75, 3.05) is 0 Å². The van der Waals surface area contributed by atoms with Gasteiger partial charge in [-0.15, -0.1) is 15.0 Å². The molecule has 0 radical (unpaired) electrons. The first-order valence-electron chi connectivity index (χ1n) is 9.29. The maximum atomic E-state index is 13.1. The highest BCUT2D eigenvalue weighted by atomic mass is 35.5. The molecule has 0 N–H and O–H groups in total. The van der Waals surface area contributed by atoms with Crippen LogP contribution in [-0.4, -0.2) is 25.9 Å². The summed E-state index contributed by atoms with van der Waals surface area (Å²) in [7, 11) is 0. The molecule has 0 saturated heterocycles.